The van der Waals surface area contributed by atoms with Crippen LogP contribution in [0.4, 0.5) is 18.9 Å². The Hall–Kier alpha value is -1.38. The Morgan fingerprint density at radius 1 is 1.11 bits per heavy atom. The minimum Gasteiger partial charge on any atom is -0.316 e. The summed E-state index contributed by atoms with van der Waals surface area (Å²) >= 11 is 4.85. The van der Waals surface area contributed by atoms with Crippen molar-refractivity contribution in [1.29, 1.82) is 0 Å². The molecule has 8 heteroatoms. The van der Waals surface area contributed by atoms with Crippen LogP contribution in [0.3, 0.4) is 0 Å². The van der Waals surface area contributed by atoms with Crippen molar-refractivity contribution < 1.29 is 13.2 Å². The Labute approximate surface area is 178 Å². The van der Waals surface area contributed by atoms with Gasteiger partial charge in [-0.05, 0) is 42.3 Å². The Morgan fingerprint density at radius 3 is 2.44 bits per heavy atom. The fourth-order valence-corrected chi connectivity index (χ4v) is 3.79. The van der Waals surface area contributed by atoms with Gasteiger partial charge in [-0.25, -0.2) is 4.99 Å². The lowest BCUT2D eigenvalue weighted by Crippen LogP contribution is -2.15. The Bertz CT molecular complexity index is 960. The number of aromatic nitrogens is 1. The van der Waals surface area contributed by atoms with Crippen molar-refractivity contribution >= 4 is 49.9 Å². The summed E-state index contributed by atoms with van der Waals surface area (Å²) in [7, 11) is 0. The normalized spacial score (nSPS) is 12.1. The van der Waals surface area contributed by atoms with Crippen LogP contribution in [0.5, 0.6) is 0 Å². The number of benzene rings is 2. The smallest absolute Gasteiger partial charge is 0.316 e. The molecule has 0 atom stereocenters. The van der Waals surface area contributed by atoms with Gasteiger partial charge in [-0.1, -0.05) is 41.1 Å². The number of hydrogen-bond donors (Lipinski definition) is 0. The average molecular weight is 522 g/mol. The predicted molar refractivity (Wildman–Crippen MR) is 113 cm³/mol. The van der Waals surface area contributed by atoms with Crippen molar-refractivity contribution in [3.63, 3.8) is 0 Å². The lowest BCUT2D eigenvalue weighted by molar-refractivity contribution is -0.137. The summed E-state index contributed by atoms with van der Waals surface area (Å²) in [6.07, 6.45) is -3.47. The van der Waals surface area contributed by atoms with Crippen LogP contribution in [0, 0.1) is 0 Å². The van der Waals surface area contributed by atoms with Crippen molar-refractivity contribution in [2.45, 2.75) is 26.1 Å². The molecule has 2 aromatic carbocycles. The van der Waals surface area contributed by atoms with Gasteiger partial charge in [0.05, 0.1) is 16.9 Å². The van der Waals surface area contributed by atoms with Crippen LogP contribution < -0.4 is 4.80 Å². The summed E-state index contributed by atoms with van der Waals surface area (Å²) in [5, 5.41) is 1.99. The van der Waals surface area contributed by atoms with E-state index >= 15 is 0 Å². The van der Waals surface area contributed by atoms with E-state index in [9.17, 15) is 13.2 Å². The first-order valence-corrected chi connectivity index (χ1v) is 9.72. The van der Waals surface area contributed by atoms with Crippen LogP contribution in [0.2, 0.25) is 0 Å². The highest BCUT2D eigenvalue weighted by molar-refractivity contribution is 9.10. The molecule has 1 heterocycles. The first kappa shape index (κ1) is 21.9. The van der Waals surface area contributed by atoms with Gasteiger partial charge in [0.1, 0.15) is 0 Å². The van der Waals surface area contributed by atoms with E-state index in [1.54, 1.807) is 6.07 Å². The molecule has 0 aliphatic carbocycles. The largest absolute Gasteiger partial charge is 0.416 e. The van der Waals surface area contributed by atoms with Gasteiger partial charge in [-0.15, -0.1) is 28.3 Å². The zero-order valence-electron chi connectivity index (χ0n) is 14.3. The van der Waals surface area contributed by atoms with Gasteiger partial charge in [0.2, 0.25) is 0 Å². The number of thiazole rings is 1. The van der Waals surface area contributed by atoms with Gasteiger partial charge < -0.3 is 4.57 Å². The topological polar surface area (TPSA) is 17.3 Å². The van der Waals surface area contributed by atoms with E-state index in [0.29, 0.717) is 10.5 Å². The zero-order chi connectivity index (χ0) is 18.7. The predicted octanol–water partition coefficient (Wildman–Crippen LogP) is 7.22. The van der Waals surface area contributed by atoms with Gasteiger partial charge in [-0.3, -0.25) is 0 Å². The van der Waals surface area contributed by atoms with Gasteiger partial charge in [0.15, 0.2) is 4.80 Å². The second-order valence-electron chi connectivity index (χ2n) is 5.72. The molecule has 0 saturated heterocycles. The molecule has 0 radical (unpaired) electrons. The van der Waals surface area contributed by atoms with Gasteiger partial charge in [0, 0.05) is 16.4 Å². The number of halogens is 5. The lowest BCUT2D eigenvalue weighted by Gasteiger charge is -2.08. The third kappa shape index (κ3) is 5.33. The van der Waals surface area contributed by atoms with Crippen molar-refractivity contribution in [2.75, 3.05) is 0 Å². The summed E-state index contributed by atoms with van der Waals surface area (Å²) in [4.78, 5) is 5.15. The molecule has 0 aliphatic rings. The monoisotopic (exact) mass is 520 g/mol. The fourth-order valence-electron chi connectivity index (χ4n) is 2.57. The molecule has 144 valence electrons. The minimum atomic E-state index is -4.37. The molecule has 0 unspecified atom stereocenters. The van der Waals surface area contributed by atoms with Crippen molar-refractivity contribution in [3.8, 4) is 11.3 Å². The maximum Gasteiger partial charge on any atom is 0.416 e. The molecule has 1 aromatic heterocycles. The third-order valence-electron chi connectivity index (χ3n) is 3.78. The molecule has 0 spiro atoms. The van der Waals surface area contributed by atoms with E-state index < -0.39 is 11.7 Å². The Kier molecular flexibility index (Phi) is 7.47. The van der Waals surface area contributed by atoms with Crippen molar-refractivity contribution in [2.24, 2.45) is 4.99 Å². The molecule has 27 heavy (non-hydrogen) atoms. The first-order valence-electron chi connectivity index (χ1n) is 8.04. The molecule has 3 aromatic rings. The van der Waals surface area contributed by atoms with E-state index in [4.69, 9.17) is 0 Å². The van der Waals surface area contributed by atoms with E-state index in [1.165, 1.54) is 17.4 Å². The Morgan fingerprint density at radius 2 is 1.81 bits per heavy atom. The maximum atomic E-state index is 12.9. The second kappa shape index (κ2) is 9.21. The SMILES string of the molecule is Br.CCCn1c(-c2ccc(Br)cc2)csc1=Nc1cccc(C(F)(F)F)c1. The van der Waals surface area contributed by atoms with Crippen LogP contribution in [-0.2, 0) is 12.7 Å². The number of hydrogen-bond acceptors (Lipinski definition) is 2. The highest BCUT2D eigenvalue weighted by Crippen LogP contribution is 2.31. The van der Waals surface area contributed by atoms with Gasteiger partial charge in [0.25, 0.3) is 0 Å². The quantitative estimate of drug-likeness (QED) is 0.345. The summed E-state index contributed by atoms with van der Waals surface area (Å²) in [5.74, 6) is 0. The van der Waals surface area contributed by atoms with Crippen LogP contribution in [-0.4, -0.2) is 4.57 Å². The van der Waals surface area contributed by atoms with E-state index in [-0.39, 0.29) is 17.0 Å². The maximum absolute atomic E-state index is 12.9. The first-order chi connectivity index (χ1) is 12.4. The number of nitrogens with zero attached hydrogens (tertiary/aromatic N) is 2. The molecule has 3 rings (SSSR count). The van der Waals surface area contributed by atoms with E-state index in [0.717, 1.165) is 40.8 Å². The fraction of sp³-hybridized carbons (Fsp3) is 0.211. The van der Waals surface area contributed by atoms with Crippen LogP contribution in [0.1, 0.15) is 18.9 Å². The molecule has 0 amide bonds. The zero-order valence-corrected chi connectivity index (χ0v) is 18.4. The number of alkyl halides is 3. The second-order valence-corrected chi connectivity index (χ2v) is 7.47. The van der Waals surface area contributed by atoms with E-state index in [2.05, 4.69) is 27.8 Å². The summed E-state index contributed by atoms with van der Waals surface area (Å²) in [5.41, 5.74) is 1.66. The minimum absolute atomic E-state index is 0. The van der Waals surface area contributed by atoms with Crippen molar-refractivity contribution in [1.82, 2.24) is 4.57 Å². The molecular formula is C19H17Br2F3N2S. The van der Waals surface area contributed by atoms with Crippen molar-refractivity contribution in [3.05, 3.63) is 68.7 Å². The average Bonchev–Trinajstić information content (AvgIpc) is 2.98. The third-order valence-corrected chi connectivity index (χ3v) is 5.18. The highest BCUT2D eigenvalue weighted by atomic mass is 79.9. The Balaban J connectivity index is 0.00000261. The molecule has 0 saturated carbocycles. The molecule has 0 aliphatic heterocycles. The molecule has 0 fully saturated rings. The summed E-state index contributed by atoms with van der Waals surface area (Å²) in [6, 6.07) is 13.0. The van der Waals surface area contributed by atoms with Crippen LogP contribution >= 0.6 is 44.2 Å². The van der Waals surface area contributed by atoms with Gasteiger partial charge in [-0.2, -0.15) is 13.2 Å². The molecular weight excluding hydrogens is 505 g/mol. The molecule has 0 N–H and O–H groups in total. The highest BCUT2D eigenvalue weighted by Gasteiger charge is 2.30. The standard InChI is InChI=1S/C19H16BrF3N2S.BrH/c1-2-10-25-17(13-6-8-15(20)9-7-13)12-26-18(25)24-16-5-3-4-14(11-16)19(21,22)23;/h3-9,11-12H,2,10H2,1H3;1H. The van der Waals surface area contributed by atoms with E-state index in [1.807, 2.05) is 34.2 Å². The van der Waals surface area contributed by atoms with Crippen LogP contribution in [0.25, 0.3) is 11.3 Å². The molecule has 0 bridgehead atoms. The molecule has 2 nitrogen and oxygen atoms in total. The van der Waals surface area contributed by atoms with Crippen LogP contribution in [0.15, 0.2) is 63.4 Å². The van der Waals surface area contributed by atoms with Gasteiger partial charge >= 0.3 is 6.18 Å². The summed E-state index contributed by atoms with van der Waals surface area (Å²) in [6.45, 7) is 2.80. The lowest BCUT2D eigenvalue weighted by atomic mass is 10.2. The number of rotatable bonds is 4. The summed E-state index contributed by atoms with van der Waals surface area (Å²) < 4.78 is 41.8.